The molecule has 7 heteroatoms. The second-order valence-corrected chi connectivity index (χ2v) is 8.05. The summed E-state index contributed by atoms with van der Waals surface area (Å²) in [5.41, 5.74) is 1.75. The van der Waals surface area contributed by atoms with Gasteiger partial charge in [-0.2, -0.15) is 0 Å². The Kier molecular flexibility index (Phi) is 5.46. The molecule has 0 atom stereocenters. The lowest BCUT2D eigenvalue weighted by atomic mass is 10.0. The highest BCUT2D eigenvalue weighted by Gasteiger charge is 2.25. The van der Waals surface area contributed by atoms with Crippen molar-refractivity contribution in [2.75, 3.05) is 6.61 Å². The minimum absolute atomic E-state index is 0.191. The molecule has 146 valence electrons. The lowest BCUT2D eigenvalue weighted by molar-refractivity contribution is 0.0533. The number of ether oxygens (including phenoxy) is 1. The molecule has 0 amide bonds. The lowest BCUT2D eigenvalue weighted by Crippen LogP contribution is -2.16. The number of esters is 1. The van der Waals surface area contributed by atoms with E-state index >= 15 is 0 Å². The summed E-state index contributed by atoms with van der Waals surface area (Å²) in [7, 11) is 0. The predicted octanol–water partition coefficient (Wildman–Crippen LogP) is 6.20. The van der Waals surface area contributed by atoms with Crippen LogP contribution in [0, 0.1) is 0 Å². The van der Waals surface area contributed by atoms with Gasteiger partial charge in [-0.3, -0.25) is 9.36 Å². The molecule has 0 fully saturated rings. The highest BCUT2D eigenvalue weighted by Crippen LogP contribution is 2.42. The number of rotatable bonds is 4. The first-order valence-electron chi connectivity index (χ1n) is 8.87. The molecule has 0 aliphatic rings. The van der Waals surface area contributed by atoms with E-state index in [1.807, 2.05) is 30.3 Å². The predicted molar refractivity (Wildman–Crippen MR) is 119 cm³/mol. The zero-order chi connectivity index (χ0) is 20.5. The molecule has 2 heterocycles. The molecule has 4 rings (SSSR count). The fourth-order valence-electron chi connectivity index (χ4n) is 3.20. The topological polar surface area (TPSA) is 48.3 Å². The van der Waals surface area contributed by atoms with Crippen LogP contribution in [0.25, 0.3) is 27.0 Å². The van der Waals surface area contributed by atoms with Crippen molar-refractivity contribution in [2.24, 2.45) is 0 Å². The number of nitrogens with zero attached hydrogens (tertiary/aromatic N) is 1. The highest BCUT2D eigenvalue weighted by molar-refractivity contribution is 7.21. The fraction of sp³-hybridized carbons (Fsp3) is 0.0909. The fourth-order valence-corrected chi connectivity index (χ4v) is 4.81. The molecule has 2 aromatic heterocycles. The maximum atomic E-state index is 12.8. The molecule has 0 aliphatic carbocycles. The van der Waals surface area contributed by atoms with Gasteiger partial charge >= 0.3 is 5.97 Å². The highest BCUT2D eigenvalue weighted by atomic mass is 35.5. The summed E-state index contributed by atoms with van der Waals surface area (Å²) in [5.74, 6) is -0.466. The zero-order valence-electron chi connectivity index (χ0n) is 15.3. The minimum Gasteiger partial charge on any atom is -0.462 e. The van der Waals surface area contributed by atoms with Gasteiger partial charge in [-0.1, -0.05) is 41.4 Å². The number of benzene rings is 2. The number of hydrogen-bond acceptors (Lipinski definition) is 4. The number of aromatic nitrogens is 1. The molecule has 0 spiro atoms. The van der Waals surface area contributed by atoms with E-state index in [4.69, 9.17) is 27.9 Å². The number of hydrogen-bond donors (Lipinski definition) is 0. The average molecular weight is 444 g/mol. The Balaban J connectivity index is 2.11. The van der Waals surface area contributed by atoms with Crippen molar-refractivity contribution in [3.63, 3.8) is 0 Å². The molecule has 29 heavy (non-hydrogen) atoms. The Bertz CT molecular complexity index is 1280. The Hall–Kier alpha value is -2.60. The van der Waals surface area contributed by atoms with Crippen LogP contribution in [-0.4, -0.2) is 17.1 Å². The van der Waals surface area contributed by atoms with Crippen molar-refractivity contribution < 1.29 is 9.53 Å². The van der Waals surface area contributed by atoms with Crippen LogP contribution in [0.5, 0.6) is 0 Å². The summed E-state index contributed by atoms with van der Waals surface area (Å²) in [6.45, 7) is 1.98. The molecular weight excluding hydrogens is 429 g/mol. The minimum atomic E-state index is -0.466. The van der Waals surface area contributed by atoms with Gasteiger partial charge in [-0.15, -0.1) is 11.3 Å². The normalized spacial score (nSPS) is 11.0. The summed E-state index contributed by atoms with van der Waals surface area (Å²) < 4.78 is 6.86. The van der Waals surface area contributed by atoms with Crippen molar-refractivity contribution >= 4 is 50.7 Å². The van der Waals surface area contributed by atoms with Gasteiger partial charge in [0.2, 0.25) is 0 Å². The van der Waals surface area contributed by atoms with Gasteiger partial charge in [-0.05, 0) is 43.3 Å². The van der Waals surface area contributed by atoms with E-state index in [0.717, 1.165) is 5.39 Å². The second-order valence-electron chi connectivity index (χ2n) is 6.21. The number of thiophene rings is 1. The van der Waals surface area contributed by atoms with E-state index in [0.29, 0.717) is 36.6 Å². The molecule has 0 unspecified atom stereocenters. The molecule has 4 nitrogen and oxygen atoms in total. The standard InChI is InChI=1S/C22H15Cl2NO3S/c1-2-28-22(27)20-19(16-12-13(23)8-10-17(16)24)15-9-11-18(26)25(21(15)29-20)14-6-4-3-5-7-14/h3-12H,2H2,1H3. The van der Waals surface area contributed by atoms with Crippen molar-refractivity contribution in [2.45, 2.75) is 6.92 Å². The number of pyridine rings is 1. The van der Waals surface area contributed by atoms with E-state index in [1.54, 1.807) is 35.8 Å². The number of para-hydroxylation sites is 1. The number of carbonyl (C=O) groups excluding carboxylic acids is 1. The SMILES string of the molecule is CCOC(=O)c1sc2c(ccc(=O)n2-c2ccccc2)c1-c1cc(Cl)ccc1Cl. The van der Waals surface area contributed by atoms with Crippen LogP contribution < -0.4 is 5.56 Å². The van der Waals surface area contributed by atoms with E-state index in [1.165, 1.54) is 17.4 Å². The van der Waals surface area contributed by atoms with Crippen molar-refractivity contribution in [1.82, 2.24) is 4.57 Å². The second kappa shape index (κ2) is 8.03. The number of carbonyl (C=O) groups is 1. The number of halogens is 2. The van der Waals surface area contributed by atoms with Crippen LogP contribution in [0.15, 0.2) is 65.5 Å². The van der Waals surface area contributed by atoms with Crippen molar-refractivity contribution in [1.29, 1.82) is 0 Å². The van der Waals surface area contributed by atoms with E-state index in [9.17, 15) is 9.59 Å². The Morgan fingerprint density at radius 1 is 1.07 bits per heavy atom. The van der Waals surface area contributed by atoms with Gasteiger partial charge in [0.1, 0.15) is 9.71 Å². The molecule has 0 saturated carbocycles. The van der Waals surface area contributed by atoms with E-state index < -0.39 is 5.97 Å². The zero-order valence-corrected chi connectivity index (χ0v) is 17.6. The third-order valence-corrected chi connectivity index (χ3v) is 6.15. The summed E-state index contributed by atoms with van der Waals surface area (Å²) in [6.07, 6.45) is 0. The maximum Gasteiger partial charge on any atom is 0.349 e. The first-order chi connectivity index (χ1) is 14.0. The van der Waals surface area contributed by atoms with Crippen LogP contribution in [0.1, 0.15) is 16.6 Å². The van der Waals surface area contributed by atoms with Crippen LogP contribution in [-0.2, 0) is 4.74 Å². The van der Waals surface area contributed by atoms with Gasteiger partial charge in [0.05, 0.1) is 12.3 Å². The Labute approximate surface area is 180 Å². The molecular formula is C22H15Cl2NO3S. The molecule has 0 saturated heterocycles. The van der Waals surface area contributed by atoms with Crippen molar-refractivity contribution in [3.05, 3.63) is 85.9 Å². The molecule has 0 radical (unpaired) electrons. The van der Waals surface area contributed by atoms with Crippen LogP contribution in [0.4, 0.5) is 0 Å². The van der Waals surface area contributed by atoms with Crippen molar-refractivity contribution in [3.8, 4) is 16.8 Å². The summed E-state index contributed by atoms with van der Waals surface area (Å²) >= 11 is 13.9. The van der Waals surface area contributed by atoms with E-state index in [2.05, 4.69) is 0 Å². The molecule has 2 aromatic carbocycles. The molecule has 0 bridgehead atoms. The first-order valence-corrected chi connectivity index (χ1v) is 10.4. The van der Waals surface area contributed by atoms with Crippen LogP contribution in [0.2, 0.25) is 10.0 Å². The van der Waals surface area contributed by atoms with Gasteiger partial charge < -0.3 is 4.74 Å². The third kappa shape index (κ3) is 3.57. The maximum absolute atomic E-state index is 12.8. The van der Waals surface area contributed by atoms with Gasteiger partial charge in [0.15, 0.2) is 0 Å². The molecule has 0 aliphatic heterocycles. The third-order valence-electron chi connectivity index (χ3n) is 4.41. The van der Waals surface area contributed by atoms with Gasteiger partial charge in [-0.25, -0.2) is 4.79 Å². The van der Waals surface area contributed by atoms with E-state index in [-0.39, 0.29) is 12.2 Å². The Morgan fingerprint density at radius 2 is 1.83 bits per heavy atom. The average Bonchev–Trinajstić information content (AvgIpc) is 3.10. The monoisotopic (exact) mass is 443 g/mol. The molecule has 4 aromatic rings. The first kappa shape index (κ1) is 19.7. The van der Waals surface area contributed by atoms with Gasteiger partial charge in [0, 0.05) is 32.6 Å². The van der Waals surface area contributed by atoms with Gasteiger partial charge in [0.25, 0.3) is 5.56 Å². The van der Waals surface area contributed by atoms with Crippen LogP contribution >= 0.6 is 34.5 Å². The van der Waals surface area contributed by atoms with Crippen LogP contribution in [0.3, 0.4) is 0 Å². The quantitative estimate of drug-likeness (QED) is 0.352. The summed E-state index contributed by atoms with van der Waals surface area (Å²) in [6, 6.07) is 17.6. The summed E-state index contributed by atoms with van der Waals surface area (Å²) in [5, 5.41) is 1.68. The number of fused-ring (bicyclic) bond motifs is 1. The smallest absolute Gasteiger partial charge is 0.349 e. The summed E-state index contributed by atoms with van der Waals surface area (Å²) in [4.78, 5) is 26.5. The Morgan fingerprint density at radius 3 is 2.55 bits per heavy atom. The lowest BCUT2D eigenvalue weighted by Gasteiger charge is -2.09. The molecule has 0 N–H and O–H groups in total. The largest absolute Gasteiger partial charge is 0.462 e.